The van der Waals surface area contributed by atoms with Gasteiger partial charge in [0.2, 0.25) is 0 Å². The largest absolute Gasteiger partial charge is 0.382 e. The third kappa shape index (κ3) is 2.22. The molecule has 66 valence electrons. The molecular formula is C7H6BrF2NO. The number of aromatic nitrogens is 1. The Morgan fingerprint density at radius 1 is 1.50 bits per heavy atom. The summed E-state index contributed by atoms with van der Waals surface area (Å²) in [6.07, 6.45) is -3.14. The van der Waals surface area contributed by atoms with E-state index in [9.17, 15) is 8.78 Å². The molecule has 0 radical (unpaired) electrons. The lowest BCUT2D eigenvalue weighted by atomic mass is 10.1. The van der Waals surface area contributed by atoms with E-state index in [-0.39, 0.29) is 5.56 Å². The van der Waals surface area contributed by atoms with Crippen LogP contribution in [-0.2, 0) is 0 Å². The molecule has 2 nitrogen and oxygen atoms in total. The molecule has 1 rings (SSSR count). The third-order valence-corrected chi connectivity index (χ3v) is 1.76. The standard InChI is InChI=1S/C7H6BrF2NO/c8-5-3-4(1-2-11-5)6(12)7(9)10/h1-3,6-7,12H. The van der Waals surface area contributed by atoms with Gasteiger partial charge in [0, 0.05) is 6.20 Å². The summed E-state index contributed by atoms with van der Waals surface area (Å²) in [7, 11) is 0. The van der Waals surface area contributed by atoms with Gasteiger partial charge in [-0.2, -0.15) is 0 Å². The van der Waals surface area contributed by atoms with E-state index in [0.29, 0.717) is 4.60 Å². The van der Waals surface area contributed by atoms with Crippen LogP contribution in [0.15, 0.2) is 22.9 Å². The van der Waals surface area contributed by atoms with E-state index in [1.54, 1.807) is 0 Å². The van der Waals surface area contributed by atoms with E-state index >= 15 is 0 Å². The van der Waals surface area contributed by atoms with Gasteiger partial charge in [0.05, 0.1) is 0 Å². The number of aliphatic hydroxyl groups excluding tert-OH is 1. The molecule has 0 amide bonds. The maximum atomic E-state index is 12.0. The van der Waals surface area contributed by atoms with Crippen molar-refractivity contribution in [3.8, 4) is 0 Å². The summed E-state index contributed by atoms with van der Waals surface area (Å²) >= 11 is 3.01. The molecule has 0 saturated carbocycles. The summed E-state index contributed by atoms with van der Waals surface area (Å²) in [6, 6.07) is 2.71. The molecule has 1 heterocycles. The van der Waals surface area contributed by atoms with Gasteiger partial charge < -0.3 is 5.11 Å². The van der Waals surface area contributed by atoms with Crippen LogP contribution in [0.3, 0.4) is 0 Å². The van der Waals surface area contributed by atoms with Crippen LogP contribution in [-0.4, -0.2) is 16.5 Å². The minimum atomic E-state index is -2.76. The van der Waals surface area contributed by atoms with Crippen molar-refractivity contribution in [3.63, 3.8) is 0 Å². The van der Waals surface area contributed by atoms with Crippen molar-refractivity contribution in [1.82, 2.24) is 4.98 Å². The average Bonchev–Trinajstić information content (AvgIpc) is 2.03. The van der Waals surface area contributed by atoms with E-state index in [1.807, 2.05) is 0 Å². The van der Waals surface area contributed by atoms with E-state index in [4.69, 9.17) is 5.11 Å². The number of hydrogen-bond acceptors (Lipinski definition) is 2. The highest BCUT2D eigenvalue weighted by atomic mass is 79.9. The SMILES string of the molecule is OC(c1ccnc(Br)c1)C(F)F. The minimum Gasteiger partial charge on any atom is -0.382 e. The highest BCUT2D eigenvalue weighted by Gasteiger charge is 2.18. The Labute approximate surface area is 76.4 Å². The lowest BCUT2D eigenvalue weighted by molar-refractivity contribution is -0.00585. The average molecular weight is 238 g/mol. The Morgan fingerprint density at radius 2 is 2.17 bits per heavy atom. The monoisotopic (exact) mass is 237 g/mol. The first-order valence-electron chi connectivity index (χ1n) is 3.19. The number of rotatable bonds is 2. The molecule has 0 fully saturated rings. The molecule has 1 aromatic heterocycles. The number of nitrogens with zero attached hydrogens (tertiary/aromatic N) is 1. The van der Waals surface area contributed by atoms with E-state index in [0.717, 1.165) is 0 Å². The van der Waals surface area contributed by atoms with Crippen LogP contribution in [0.2, 0.25) is 0 Å². The molecule has 5 heteroatoms. The van der Waals surface area contributed by atoms with Gasteiger partial charge in [-0.25, -0.2) is 13.8 Å². The first-order chi connectivity index (χ1) is 5.61. The van der Waals surface area contributed by atoms with Crippen molar-refractivity contribution in [2.45, 2.75) is 12.5 Å². The first kappa shape index (κ1) is 9.54. The van der Waals surface area contributed by atoms with Crippen molar-refractivity contribution in [3.05, 3.63) is 28.5 Å². The summed E-state index contributed by atoms with van der Waals surface area (Å²) in [6.45, 7) is 0. The number of alkyl halides is 2. The summed E-state index contributed by atoms with van der Waals surface area (Å²) in [4.78, 5) is 3.74. The number of hydrogen-bond donors (Lipinski definition) is 1. The topological polar surface area (TPSA) is 33.1 Å². The highest BCUT2D eigenvalue weighted by Crippen LogP contribution is 2.21. The molecule has 0 bridgehead atoms. The second kappa shape index (κ2) is 3.91. The van der Waals surface area contributed by atoms with Gasteiger partial charge in [-0.15, -0.1) is 0 Å². The molecule has 12 heavy (non-hydrogen) atoms. The summed E-state index contributed by atoms with van der Waals surface area (Å²) < 4.78 is 24.4. The van der Waals surface area contributed by atoms with E-state index in [2.05, 4.69) is 20.9 Å². The quantitative estimate of drug-likeness (QED) is 0.800. The summed E-state index contributed by atoms with van der Waals surface area (Å²) in [5, 5.41) is 8.92. The van der Waals surface area contributed by atoms with Gasteiger partial charge >= 0.3 is 0 Å². The van der Waals surface area contributed by atoms with Crippen LogP contribution in [0.4, 0.5) is 8.78 Å². The fourth-order valence-corrected chi connectivity index (χ4v) is 1.13. The molecule has 0 spiro atoms. The zero-order valence-corrected chi connectivity index (χ0v) is 7.50. The number of aliphatic hydroxyl groups is 1. The maximum absolute atomic E-state index is 12.0. The van der Waals surface area contributed by atoms with Gasteiger partial charge in [-0.05, 0) is 33.6 Å². The van der Waals surface area contributed by atoms with Gasteiger partial charge in [-0.1, -0.05) is 0 Å². The molecule has 0 aromatic carbocycles. The second-order valence-electron chi connectivity index (χ2n) is 2.19. The molecule has 0 aliphatic carbocycles. The van der Waals surface area contributed by atoms with Crippen molar-refractivity contribution >= 4 is 15.9 Å². The van der Waals surface area contributed by atoms with Gasteiger partial charge in [0.25, 0.3) is 6.43 Å². The lowest BCUT2D eigenvalue weighted by Gasteiger charge is -2.08. The zero-order valence-electron chi connectivity index (χ0n) is 5.92. The van der Waals surface area contributed by atoms with Crippen LogP contribution >= 0.6 is 15.9 Å². The molecule has 1 atom stereocenters. The van der Waals surface area contributed by atoms with Gasteiger partial charge in [0.1, 0.15) is 10.7 Å². The Morgan fingerprint density at radius 3 is 2.67 bits per heavy atom. The van der Waals surface area contributed by atoms with Crippen LogP contribution in [0, 0.1) is 0 Å². The number of pyridine rings is 1. The summed E-state index contributed by atoms with van der Waals surface area (Å²) in [5.41, 5.74) is 0.159. The van der Waals surface area contributed by atoms with Crippen molar-refractivity contribution in [2.75, 3.05) is 0 Å². The predicted molar refractivity (Wildman–Crippen MR) is 42.9 cm³/mol. The normalized spacial score (nSPS) is 13.4. The number of halogens is 3. The Hall–Kier alpha value is -0.550. The molecule has 0 aliphatic heterocycles. The Kier molecular flexibility index (Phi) is 3.11. The fourth-order valence-electron chi connectivity index (χ4n) is 0.747. The fraction of sp³-hybridized carbons (Fsp3) is 0.286. The van der Waals surface area contributed by atoms with Crippen LogP contribution in [0.1, 0.15) is 11.7 Å². The van der Waals surface area contributed by atoms with E-state index in [1.165, 1.54) is 18.3 Å². The van der Waals surface area contributed by atoms with Crippen molar-refractivity contribution in [2.24, 2.45) is 0 Å². The van der Waals surface area contributed by atoms with Crippen LogP contribution in [0.25, 0.3) is 0 Å². The van der Waals surface area contributed by atoms with Crippen molar-refractivity contribution < 1.29 is 13.9 Å². The predicted octanol–water partition coefficient (Wildman–Crippen LogP) is 2.14. The van der Waals surface area contributed by atoms with E-state index < -0.39 is 12.5 Å². The van der Waals surface area contributed by atoms with Gasteiger partial charge in [0.15, 0.2) is 0 Å². The lowest BCUT2D eigenvalue weighted by Crippen LogP contribution is -2.07. The molecule has 1 N–H and O–H groups in total. The Bertz CT molecular complexity index is 269. The molecule has 0 saturated heterocycles. The smallest absolute Gasteiger partial charge is 0.268 e. The first-order valence-corrected chi connectivity index (χ1v) is 3.98. The van der Waals surface area contributed by atoms with Crippen LogP contribution < -0.4 is 0 Å². The molecular weight excluding hydrogens is 232 g/mol. The maximum Gasteiger partial charge on any atom is 0.268 e. The third-order valence-electron chi connectivity index (χ3n) is 1.33. The highest BCUT2D eigenvalue weighted by molar-refractivity contribution is 9.10. The Balaban J connectivity index is 2.88. The molecule has 1 aromatic rings. The molecule has 1 unspecified atom stereocenters. The van der Waals surface area contributed by atoms with Gasteiger partial charge in [-0.3, -0.25) is 0 Å². The summed E-state index contributed by atoms with van der Waals surface area (Å²) in [5.74, 6) is 0. The zero-order chi connectivity index (χ0) is 9.14. The minimum absolute atomic E-state index is 0.159. The molecule has 0 aliphatic rings. The van der Waals surface area contributed by atoms with Crippen molar-refractivity contribution in [1.29, 1.82) is 0 Å². The second-order valence-corrected chi connectivity index (χ2v) is 3.00. The van der Waals surface area contributed by atoms with Crippen LogP contribution in [0.5, 0.6) is 0 Å².